The summed E-state index contributed by atoms with van der Waals surface area (Å²) in [5, 5.41) is 4.76. The molecular formula is C18H20ClN3O2. The zero-order valence-electron chi connectivity index (χ0n) is 13.4. The Bertz CT molecular complexity index is 804. The van der Waals surface area contributed by atoms with Crippen LogP contribution in [-0.4, -0.2) is 34.4 Å². The van der Waals surface area contributed by atoms with Crippen molar-refractivity contribution in [2.45, 2.75) is 32.4 Å². The van der Waals surface area contributed by atoms with E-state index in [2.05, 4.69) is 16.0 Å². The molecule has 1 atom stereocenters. The van der Waals surface area contributed by atoms with Crippen LogP contribution in [0, 0.1) is 5.92 Å². The van der Waals surface area contributed by atoms with Crippen molar-refractivity contribution in [1.82, 2.24) is 14.8 Å². The molecule has 2 aliphatic heterocycles. The van der Waals surface area contributed by atoms with E-state index < -0.39 is 0 Å². The maximum atomic E-state index is 12.6. The number of aromatic nitrogens is 1. The van der Waals surface area contributed by atoms with Crippen molar-refractivity contribution in [3.63, 3.8) is 0 Å². The van der Waals surface area contributed by atoms with E-state index in [1.54, 1.807) is 0 Å². The van der Waals surface area contributed by atoms with Crippen LogP contribution in [0.5, 0.6) is 0 Å². The zero-order valence-corrected chi connectivity index (χ0v) is 14.2. The van der Waals surface area contributed by atoms with Crippen LogP contribution in [0.3, 0.4) is 0 Å². The van der Waals surface area contributed by atoms with Gasteiger partial charge in [0, 0.05) is 54.1 Å². The van der Waals surface area contributed by atoms with Gasteiger partial charge in [-0.15, -0.1) is 0 Å². The van der Waals surface area contributed by atoms with E-state index in [4.69, 9.17) is 11.6 Å². The van der Waals surface area contributed by atoms with Gasteiger partial charge in [0.15, 0.2) is 0 Å². The third-order valence-corrected chi connectivity index (χ3v) is 5.32. The number of halogens is 1. The number of hydrogen-bond donors (Lipinski definition) is 1. The predicted molar refractivity (Wildman–Crippen MR) is 92.7 cm³/mol. The van der Waals surface area contributed by atoms with Gasteiger partial charge < -0.3 is 14.8 Å². The lowest BCUT2D eigenvalue weighted by atomic mass is 9.95. The molecule has 1 saturated heterocycles. The van der Waals surface area contributed by atoms with Gasteiger partial charge in [-0.25, -0.2) is 0 Å². The fourth-order valence-electron chi connectivity index (χ4n) is 3.72. The number of nitrogens with one attached hydrogen (secondary N) is 1. The lowest BCUT2D eigenvalue weighted by molar-refractivity contribution is -0.134. The Morgan fingerprint density at radius 1 is 1.29 bits per heavy atom. The summed E-state index contributed by atoms with van der Waals surface area (Å²) in [6.07, 6.45) is 1.86. The molecule has 3 heterocycles. The van der Waals surface area contributed by atoms with E-state index in [0.717, 1.165) is 35.7 Å². The molecule has 0 saturated carbocycles. The number of carbonyl (C=O) groups is 2. The van der Waals surface area contributed by atoms with Crippen molar-refractivity contribution >= 4 is 34.3 Å². The number of hydrogen-bond acceptors (Lipinski definition) is 2. The summed E-state index contributed by atoms with van der Waals surface area (Å²) in [5.41, 5.74) is 2.29. The minimum atomic E-state index is 0.0971. The van der Waals surface area contributed by atoms with Gasteiger partial charge in [-0.1, -0.05) is 17.7 Å². The molecule has 2 aliphatic rings. The highest BCUT2D eigenvalue weighted by atomic mass is 35.5. The summed E-state index contributed by atoms with van der Waals surface area (Å²) in [7, 11) is 0. The third-order valence-electron chi connectivity index (χ3n) is 5.08. The van der Waals surface area contributed by atoms with Crippen LogP contribution in [0.4, 0.5) is 0 Å². The maximum Gasteiger partial charge on any atom is 0.223 e. The summed E-state index contributed by atoms with van der Waals surface area (Å²) < 4.78 is 2.26. The molecule has 2 amide bonds. The van der Waals surface area contributed by atoms with Crippen LogP contribution in [0.2, 0.25) is 5.02 Å². The number of piperidine rings is 1. The standard InChI is InChI=1S/C18H20ClN3O2/c19-14-3-2-13-8-15-11-21(5-6-22(15)16(13)9-14)18(24)7-12-1-4-17(23)20-10-12/h2-3,8-9,12H,1,4-7,10-11H2,(H,20,23). The van der Waals surface area contributed by atoms with Gasteiger partial charge in [-0.2, -0.15) is 0 Å². The molecule has 1 N–H and O–H groups in total. The Balaban J connectivity index is 1.47. The highest BCUT2D eigenvalue weighted by molar-refractivity contribution is 6.31. The van der Waals surface area contributed by atoms with Crippen LogP contribution >= 0.6 is 11.6 Å². The molecule has 1 fully saturated rings. The fraction of sp³-hybridized carbons (Fsp3) is 0.444. The molecule has 24 heavy (non-hydrogen) atoms. The second-order valence-corrected chi connectivity index (χ2v) is 7.16. The predicted octanol–water partition coefficient (Wildman–Crippen LogP) is 2.55. The van der Waals surface area contributed by atoms with Gasteiger partial charge in [0.25, 0.3) is 0 Å². The largest absolute Gasteiger partial charge is 0.356 e. The number of nitrogens with zero attached hydrogens (tertiary/aromatic N) is 2. The molecule has 0 aliphatic carbocycles. The summed E-state index contributed by atoms with van der Waals surface area (Å²) >= 11 is 6.11. The van der Waals surface area contributed by atoms with E-state index in [9.17, 15) is 9.59 Å². The monoisotopic (exact) mass is 345 g/mol. The average molecular weight is 346 g/mol. The molecule has 1 aromatic heterocycles. The minimum absolute atomic E-state index is 0.0971. The SMILES string of the molecule is O=C1CCC(CC(=O)N2CCn3c(cc4ccc(Cl)cc43)C2)CN1. The van der Waals surface area contributed by atoms with Crippen LogP contribution in [0.1, 0.15) is 25.0 Å². The third kappa shape index (κ3) is 2.88. The molecule has 1 aromatic carbocycles. The van der Waals surface area contributed by atoms with Gasteiger partial charge in [-0.05, 0) is 30.5 Å². The molecule has 0 spiro atoms. The summed E-state index contributed by atoms with van der Waals surface area (Å²) in [6, 6.07) is 8.06. The number of benzene rings is 1. The van der Waals surface area contributed by atoms with Crippen LogP contribution in [0.15, 0.2) is 24.3 Å². The highest BCUT2D eigenvalue weighted by Gasteiger charge is 2.26. The second-order valence-electron chi connectivity index (χ2n) is 6.72. The molecule has 2 aromatic rings. The Labute approximate surface area is 145 Å². The topological polar surface area (TPSA) is 54.3 Å². The second kappa shape index (κ2) is 6.13. The molecular weight excluding hydrogens is 326 g/mol. The normalized spacial score (nSPS) is 20.8. The van der Waals surface area contributed by atoms with Crippen LogP contribution < -0.4 is 5.32 Å². The molecule has 126 valence electrons. The number of amides is 2. The number of fused-ring (bicyclic) bond motifs is 3. The van der Waals surface area contributed by atoms with E-state index in [0.29, 0.717) is 25.9 Å². The van der Waals surface area contributed by atoms with Gasteiger partial charge in [0.05, 0.1) is 6.54 Å². The molecule has 0 bridgehead atoms. The van der Waals surface area contributed by atoms with E-state index in [1.165, 1.54) is 5.39 Å². The number of rotatable bonds is 2. The van der Waals surface area contributed by atoms with Crippen molar-refractivity contribution in [3.05, 3.63) is 35.0 Å². The Morgan fingerprint density at radius 2 is 2.17 bits per heavy atom. The Kier molecular flexibility index (Phi) is 3.96. The lowest BCUT2D eigenvalue weighted by Gasteiger charge is -2.31. The van der Waals surface area contributed by atoms with Gasteiger partial charge in [-0.3, -0.25) is 9.59 Å². The van der Waals surface area contributed by atoms with Crippen LogP contribution in [-0.2, 0) is 22.7 Å². The molecule has 6 heteroatoms. The molecule has 1 unspecified atom stereocenters. The van der Waals surface area contributed by atoms with Crippen LogP contribution in [0.25, 0.3) is 10.9 Å². The van der Waals surface area contributed by atoms with E-state index in [-0.39, 0.29) is 17.7 Å². The number of carbonyl (C=O) groups excluding carboxylic acids is 2. The Morgan fingerprint density at radius 3 is 2.96 bits per heavy atom. The highest BCUT2D eigenvalue weighted by Crippen LogP contribution is 2.27. The van der Waals surface area contributed by atoms with Gasteiger partial charge in [0.2, 0.25) is 11.8 Å². The molecule has 0 radical (unpaired) electrons. The fourth-order valence-corrected chi connectivity index (χ4v) is 3.89. The summed E-state index contributed by atoms with van der Waals surface area (Å²) in [5.74, 6) is 0.548. The first kappa shape index (κ1) is 15.5. The first-order valence-electron chi connectivity index (χ1n) is 8.42. The minimum Gasteiger partial charge on any atom is -0.356 e. The van der Waals surface area contributed by atoms with Crippen molar-refractivity contribution in [2.75, 3.05) is 13.1 Å². The first-order chi connectivity index (χ1) is 11.6. The van der Waals surface area contributed by atoms with Crippen molar-refractivity contribution in [3.8, 4) is 0 Å². The zero-order chi connectivity index (χ0) is 16.7. The quantitative estimate of drug-likeness (QED) is 0.909. The van der Waals surface area contributed by atoms with Gasteiger partial charge >= 0.3 is 0 Å². The van der Waals surface area contributed by atoms with Crippen molar-refractivity contribution in [2.24, 2.45) is 5.92 Å². The lowest BCUT2D eigenvalue weighted by Crippen LogP contribution is -2.41. The first-order valence-corrected chi connectivity index (χ1v) is 8.80. The maximum absolute atomic E-state index is 12.6. The van der Waals surface area contributed by atoms with Crippen molar-refractivity contribution in [1.29, 1.82) is 0 Å². The average Bonchev–Trinajstić information content (AvgIpc) is 2.94. The van der Waals surface area contributed by atoms with E-state index in [1.807, 2.05) is 23.1 Å². The summed E-state index contributed by atoms with van der Waals surface area (Å²) in [4.78, 5) is 25.8. The smallest absolute Gasteiger partial charge is 0.223 e. The Hall–Kier alpha value is -2.01. The van der Waals surface area contributed by atoms with E-state index >= 15 is 0 Å². The van der Waals surface area contributed by atoms with Crippen molar-refractivity contribution < 1.29 is 9.59 Å². The van der Waals surface area contributed by atoms with Gasteiger partial charge in [0.1, 0.15) is 0 Å². The molecule has 5 nitrogen and oxygen atoms in total. The summed E-state index contributed by atoms with van der Waals surface area (Å²) in [6.45, 7) is 2.79. The molecule has 4 rings (SSSR count).